The smallest absolute Gasteiger partial charge is 0.326 e. The van der Waals surface area contributed by atoms with E-state index in [1.807, 2.05) is 13.8 Å². The van der Waals surface area contributed by atoms with Crippen LogP contribution in [0.4, 0.5) is 0 Å². The molecule has 0 saturated carbocycles. The van der Waals surface area contributed by atoms with E-state index in [2.05, 4.69) is 10.6 Å². The van der Waals surface area contributed by atoms with Crippen molar-refractivity contribution in [1.29, 1.82) is 0 Å². The number of nitrogens with two attached hydrogens (primary N) is 1. The Balaban J connectivity index is 2.83. The van der Waals surface area contributed by atoms with Crippen LogP contribution in [0.1, 0.15) is 40.0 Å². The first kappa shape index (κ1) is 24.8. The zero-order valence-electron chi connectivity index (χ0n) is 17.0. The SMILES string of the molecule is CC(C)CC(N)C(=O)NC(CO)C(=O)NC(C(=O)N1CCCC1C(=O)O)C(C)O. The summed E-state index contributed by atoms with van der Waals surface area (Å²) in [5.41, 5.74) is 5.76. The van der Waals surface area contributed by atoms with Gasteiger partial charge in [0.25, 0.3) is 0 Å². The Morgan fingerprint density at radius 3 is 2.24 bits per heavy atom. The van der Waals surface area contributed by atoms with E-state index in [0.29, 0.717) is 12.8 Å². The van der Waals surface area contributed by atoms with Gasteiger partial charge >= 0.3 is 5.97 Å². The highest BCUT2D eigenvalue weighted by molar-refractivity contribution is 5.94. The molecule has 11 heteroatoms. The van der Waals surface area contributed by atoms with E-state index < -0.39 is 60.6 Å². The minimum absolute atomic E-state index is 0.150. The average molecular weight is 416 g/mol. The first-order valence-corrected chi connectivity index (χ1v) is 9.68. The molecule has 5 atom stereocenters. The number of nitrogens with zero attached hydrogens (tertiary/aromatic N) is 1. The van der Waals surface area contributed by atoms with Crippen LogP contribution in [0.2, 0.25) is 0 Å². The molecule has 11 nitrogen and oxygen atoms in total. The van der Waals surface area contributed by atoms with E-state index >= 15 is 0 Å². The molecule has 1 aliphatic heterocycles. The average Bonchev–Trinajstić information content (AvgIpc) is 3.12. The molecule has 1 heterocycles. The largest absolute Gasteiger partial charge is 0.480 e. The number of carbonyl (C=O) groups is 4. The maximum absolute atomic E-state index is 12.7. The summed E-state index contributed by atoms with van der Waals surface area (Å²) in [7, 11) is 0. The summed E-state index contributed by atoms with van der Waals surface area (Å²) in [6.45, 7) is 4.49. The summed E-state index contributed by atoms with van der Waals surface area (Å²) < 4.78 is 0. The molecule has 0 bridgehead atoms. The highest BCUT2D eigenvalue weighted by Crippen LogP contribution is 2.19. The lowest BCUT2D eigenvalue weighted by molar-refractivity contribution is -0.150. The topological polar surface area (TPSA) is 182 Å². The van der Waals surface area contributed by atoms with Crippen molar-refractivity contribution in [3.05, 3.63) is 0 Å². The molecule has 0 radical (unpaired) electrons. The summed E-state index contributed by atoms with van der Waals surface area (Å²) in [4.78, 5) is 49.7. The van der Waals surface area contributed by atoms with Crippen LogP contribution in [0.25, 0.3) is 0 Å². The minimum atomic E-state index is -1.42. The van der Waals surface area contributed by atoms with E-state index in [0.717, 1.165) is 4.90 Å². The Morgan fingerprint density at radius 2 is 1.76 bits per heavy atom. The molecular weight excluding hydrogens is 384 g/mol. The molecule has 29 heavy (non-hydrogen) atoms. The lowest BCUT2D eigenvalue weighted by Gasteiger charge is -2.30. The number of aliphatic hydroxyl groups excluding tert-OH is 2. The third-order valence-corrected chi connectivity index (χ3v) is 4.74. The molecule has 0 aromatic heterocycles. The summed E-state index contributed by atoms with van der Waals surface area (Å²) in [5.74, 6) is -3.26. The molecule has 7 N–H and O–H groups in total. The predicted octanol–water partition coefficient (Wildman–Crippen LogP) is -2.22. The lowest BCUT2D eigenvalue weighted by Crippen LogP contribution is -2.60. The number of hydrogen-bond acceptors (Lipinski definition) is 7. The van der Waals surface area contributed by atoms with Crippen molar-refractivity contribution in [1.82, 2.24) is 15.5 Å². The molecular formula is C18H32N4O7. The number of nitrogens with one attached hydrogen (secondary N) is 2. The van der Waals surface area contributed by atoms with Crippen molar-refractivity contribution in [2.45, 2.75) is 70.3 Å². The van der Waals surface area contributed by atoms with E-state index in [4.69, 9.17) is 5.73 Å². The highest BCUT2D eigenvalue weighted by atomic mass is 16.4. The summed E-state index contributed by atoms with van der Waals surface area (Å²) >= 11 is 0. The van der Waals surface area contributed by atoms with Gasteiger partial charge in [-0.3, -0.25) is 14.4 Å². The van der Waals surface area contributed by atoms with E-state index in [1.54, 1.807) is 0 Å². The number of carboxylic acid groups (broad SMARTS) is 1. The fraction of sp³-hybridized carbons (Fsp3) is 0.778. The second-order valence-corrected chi connectivity index (χ2v) is 7.73. The Hall–Kier alpha value is -2.24. The first-order chi connectivity index (χ1) is 13.5. The Bertz CT molecular complexity index is 611. The normalized spacial score (nSPS) is 20.7. The molecule has 3 amide bonds. The van der Waals surface area contributed by atoms with Crippen molar-refractivity contribution in [2.75, 3.05) is 13.2 Å². The lowest BCUT2D eigenvalue weighted by atomic mass is 10.0. The number of aliphatic hydroxyl groups is 2. The van der Waals surface area contributed by atoms with Gasteiger partial charge in [0.2, 0.25) is 17.7 Å². The molecule has 0 spiro atoms. The molecule has 166 valence electrons. The fourth-order valence-electron chi connectivity index (χ4n) is 3.20. The van der Waals surface area contributed by atoms with Crippen LogP contribution >= 0.6 is 0 Å². The molecule has 0 aromatic rings. The van der Waals surface area contributed by atoms with Gasteiger partial charge in [0, 0.05) is 6.54 Å². The van der Waals surface area contributed by atoms with Crippen LogP contribution in [0.15, 0.2) is 0 Å². The summed E-state index contributed by atoms with van der Waals surface area (Å²) in [5, 5.41) is 33.3. The number of carbonyl (C=O) groups excluding carboxylic acids is 3. The van der Waals surface area contributed by atoms with Crippen molar-refractivity contribution < 1.29 is 34.5 Å². The molecule has 1 fully saturated rings. The van der Waals surface area contributed by atoms with Crippen LogP contribution in [0.5, 0.6) is 0 Å². The van der Waals surface area contributed by atoms with Crippen LogP contribution < -0.4 is 16.4 Å². The number of carboxylic acids is 1. The van der Waals surface area contributed by atoms with Crippen molar-refractivity contribution in [3.63, 3.8) is 0 Å². The number of amides is 3. The number of likely N-dealkylation sites (tertiary alicyclic amines) is 1. The van der Waals surface area contributed by atoms with Crippen molar-refractivity contribution in [2.24, 2.45) is 11.7 Å². The van der Waals surface area contributed by atoms with E-state index in [9.17, 15) is 34.5 Å². The van der Waals surface area contributed by atoms with Gasteiger partial charge in [0.05, 0.1) is 18.8 Å². The number of hydrogen-bond donors (Lipinski definition) is 6. The zero-order valence-corrected chi connectivity index (χ0v) is 17.0. The quantitative estimate of drug-likeness (QED) is 0.231. The van der Waals surface area contributed by atoms with Gasteiger partial charge < -0.3 is 36.6 Å². The molecule has 1 saturated heterocycles. The standard InChI is InChI=1S/C18H32N4O7/c1-9(2)7-11(19)15(25)20-12(8-23)16(26)21-14(10(3)24)17(27)22-6-4-5-13(22)18(28)29/h9-14,23-24H,4-8,19H2,1-3H3,(H,20,25)(H,21,26)(H,28,29). The maximum Gasteiger partial charge on any atom is 0.326 e. The third kappa shape index (κ3) is 6.94. The molecule has 1 aliphatic rings. The van der Waals surface area contributed by atoms with Gasteiger partial charge in [-0.1, -0.05) is 13.8 Å². The van der Waals surface area contributed by atoms with Crippen LogP contribution in [-0.2, 0) is 19.2 Å². The summed E-state index contributed by atoms with van der Waals surface area (Å²) in [6.07, 6.45) is -0.164. The third-order valence-electron chi connectivity index (χ3n) is 4.74. The van der Waals surface area contributed by atoms with Crippen molar-refractivity contribution >= 4 is 23.7 Å². The molecule has 0 aromatic carbocycles. The van der Waals surface area contributed by atoms with Crippen molar-refractivity contribution in [3.8, 4) is 0 Å². The predicted molar refractivity (Wildman–Crippen MR) is 102 cm³/mol. The number of aliphatic carboxylic acids is 1. The molecule has 5 unspecified atom stereocenters. The number of rotatable bonds is 10. The van der Waals surface area contributed by atoms with Gasteiger partial charge in [-0.25, -0.2) is 4.79 Å². The second-order valence-electron chi connectivity index (χ2n) is 7.73. The monoisotopic (exact) mass is 416 g/mol. The minimum Gasteiger partial charge on any atom is -0.480 e. The first-order valence-electron chi connectivity index (χ1n) is 9.68. The van der Waals surface area contributed by atoms with E-state index in [1.165, 1.54) is 6.92 Å². The van der Waals surface area contributed by atoms with Gasteiger partial charge in [-0.2, -0.15) is 0 Å². The van der Waals surface area contributed by atoms with Gasteiger partial charge in [-0.05, 0) is 32.1 Å². The van der Waals surface area contributed by atoms with Crippen LogP contribution in [-0.4, -0.2) is 87.3 Å². The Kier molecular flexibility index (Phi) is 9.47. The molecule has 0 aliphatic carbocycles. The second kappa shape index (κ2) is 11.1. The van der Waals surface area contributed by atoms with Gasteiger partial charge in [-0.15, -0.1) is 0 Å². The van der Waals surface area contributed by atoms with Gasteiger partial charge in [0.15, 0.2) is 0 Å². The fourth-order valence-corrected chi connectivity index (χ4v) is 3.20. The highest BCUT2D eigenvalue weighted by Gasteiger charge is 2.40. The maximum atomic E-state index is 12.7. The summed E-state index contributed by atoms with van der Waals surface area (Å²) in [6, 6.07) is -4.68. The Labute approximate surface area is 169 Å². The van der Waals surface area contributed by atoms with E-state index in [-0.39, 0.29) is 18.9 Å². The zero-order chi connectivity index (χ0) is 22.3. The Morgan fingerprint density at radius 1 is 1.14 bits per heavy atom. The molecule has 1 rings (SSSR count). The van der Waals surface area contributed by atoms with Gasteiger partial charge in [0.1, 0.15) is 18.1 Å². The van der Waals surface area contributed by atoms with Crippen LogP contribution in [0, 0.1) is 5.92 Å². The van der Waals surface area contributed by atoms with Crippen LogP contribution in [0.3, 0.4) is 0 Å².